The fourth-order valence-electron chi connectivity index (χ4n) is 1.33. The Morgan fingerprint density at radius 1 is 1.29 bits per heavy atom. The molecule has 0 fully saturated rings. The molecule has 3 N–H and O–H groups in total. The lowest BCUT2D eigenvalue weighted by Crippen LogP contribution is -2.15. The molecular weight excluding hydrogens is 218 g/mol. The van der Waals surface area contributed by atoms with Crippen molar-refractivity contribution in [2.45, 2.75) is 6.92 Å². The molecule has 0 aromatic carbocycles. The van der Waals surface area contributed by atoms with Gasteiger partial charge in [0.25, 0.3) is 5.91 Å². The number of rotatable bonds is 2. The number of pyridine rings is 1. The number of hydrogen-bond donors (Lipinski definition) is 2. The molecule has 0 unspecified atom stereocenters. The molecular formula is C11H11N5O. The Balaban J connectivity index is 2.21. The highest BCUT2D eigenvalue weighted by molar-refractivity contribution is 6.07. The number of nitrogens with one attached hydrogen (secondary N) is 1. The average molecular weight is 229 g/mol. The van der Waals surface area contributed by atoms with Gasteiger partial charge in [0.05, 0.1) is 23.6 Å². The number of aromatic nitrogens is 3. The summed E-state index contributed by atoms with van der Waals surface area (Å²) in [4.78, 5) is 23.5. The summed E-state index contributed by atoms with van der Waals surface area (Å²) < 4.78 is 0. The average Bonchev–Trinajstić information content (AvgIpc) is 2.30. The molecule has 6 nitrogen and oxygen atoms in total. The van der Waals surface area contributed by atoms with E-state index in [0.717, 1.165) is 5.69 Å². The number of hydrogen-bond acceptors (Lipinski definition) is 5. The summed E-state index contributed by atoms with van der Waals surface area (Å²) in [7, 11) is 0. The van der Waals surface area contributed by atoms with E-state index in [4.69, 9.17) is 5.73 Å². The summed E-state index contributed by atoms with van der Waals surface area (Å²) in [6.07, 6.45) is 5.84. The maximum Gasteiger partial charge on any atom is 0.259 e. The third kappa shape index (κ3) is 2.54. The van der Waals surface area contributed by atoms with E-state index in [1.807, 2.05) is 6.92 Å². The monoisotopic (exact) mass is 229 g/mol. The van der Waals surface area contributed by atoms with Crippen molar-refractivity contribution in [3.8, 4) is 0 Å². The highest BCUT2D eigenvalue weighted by Gasteiger charge is 2.10. The van der Waals surface area contributed by atoms with Crippen LogP contribution >= 0.6 is 0 Å². The minimum atomic E-state index is -0.329. The van der Waals surface area contributed by atoms with Gasteiger partial charge in [-0.25, -0.2) is 9.97 Å². The Kier molecular flexibility index (Phi) is 2.95. The van der Waals surface area contributed by atoms with Gasteiger partial charge in [-0.1, -0.05) is 0 Å². The predicted molar refractivity (Wildman–Crippen MR) is 63.4 cm³/mol. The Morgan fingerprint density at radius 2 is 2.00 bits per heavy atom. The summed E-state index contributed by atoms with van der Waals surface area (Å²) in [6, 6.07) is 1.65. The zero-order valence-electron chi connectivity index (χ0n) is 9.21. The standard InChI is InChI=1S/C11H11N5O/c1-7-2-10(12)9(5-15-7)11(17)16-8-3-13-6-14-4-8/h2-6H,1H3,(H2,12,15)(H,16,17). The maximum absolute atomic E-state index is 11.9. The molecule has 0 aliphatic rings. The number of carbonyl (C=O) groups is 1. The Labute approximate surface area is 97.9 Å². The van der Waals surface area contributed by atoms with Crippen LogP contribution in [0.1, 0.15) is 16.1 Å². The molecule has 0 aliphatic heterocycles. The zero-order chi connectivity index (χ0) is 12.3. The summed E-state index contributed by atoms with van der Waals surface area (Å²) in [6.45, 7) is 1.81. The first-order chi connectivity index (χ1) is 8.16. The third-order valence-corrected chi connectivity index (χ3v) is 2.14. The minimum absolute atomic E-state index is 0.329. The van der Waals surface area contributed by atoms with E-state index < -0.39 is 0 Å². The molecule has 2 aromatic rings. The number of nitrogens with zero attached hydrogens (tertiary/aromatic N) is 3. The van der Waals surface area contributed by atoms with E-state index in [1.54, 1.807) is 6.07 Å². The Bertz CT molecular complexity index is 541. The van der Waals surface area contributed by atoms with Crippen LogP contribution < -0.4 is 11.1 Å². The fourth-order valence-corrected chi connectivity index (χ4v) is 1.33. The van der Waals surface area contributed by atoms with Gasteiger partial charge in [0.1, 0.15) is 6.33 Å². The van der Waals surface area contributed by atoms with E-state index >= 15 is 0 Å². The van der Waals surface area contributed by atoms with Crippen LogP contribution in [0.4, 0.5) is 11.4 Å². The Hall–Kier alpha value is -2.50. The van der Waals surface area contributed by atoms with Gasteiger partial charge in [-0.05, 0) is 13.0 Å². The van der Waals surface area contributed by atoms with Crippen LogP contribution in [0.5, 0.6) is 0 Å². The minimum Gasteiger partial charge on any atom is -0.398 e. The smallest absolute Gasteiger partial charge is 0.259 e. The highest BCUT2D eigenvalue weighted by Crippen LogP contribution is 2.13. The molecule has 0 bridgehead atoms. The van der Waals surface area contributed by atoms with Crippen molar-refractivity contribution in [1.29, 1.82) is 0 Å². The van der Waals surface area contributed by atoms with Crippen molar-refractivity contribution >= 4 is 17.3 Å². The normalized spacial score (nSPS) is 9.94. The van der Waals surface area contributed by atoms with Crippen LogP contribution in [-0.4, -0.2) is 20.9 Å². The molecule has 0 saturated carbocycles. The van der Waals surface area contributed by atoms with E-state index in [9.17, 15) is 4.79 Å². The molecule has 0 aliphatic carbocycles. The van der Waals surface area contributed by atoms with E-state index in [-0.39, 0.29) is 5.91 Å². The number of carbonyl (C=O) groups excluding carboxylic acids is 1. The molecule has 0 spiro atoms. The van der Waals surface area contributed by atoms with Crippen molar-refractivity contribution in [2.24, 2.45) is 0 Å². The quantitative estimate of drug-likeness (QED) is 0.801. The van der Waals surface area contributed by atoms with Crippen LogP contribution in [0.3, 0.4) is 0 Å². The van der Waals surface area contributed by atoms with Gasteiger partial charge in [-0.15, -0.1) is 0 Å². The Morgan fingerprint density at radius 3 is 2.65 bits per heavy atom. The third-order valence-electron chi connectivity index (χ3n) is 2.14. The van der Waals surface area contributed by atoms with Crippen molar-refractivity contribution in [3.63, 3.8) is 0 Å². The lowest BCUT2D eigenvalue weighted by Gasteiger charge is -2.06. The van der Waals surface area contributed by atoms with Crippen LogP contribution in [0, 0.1) is 6.92 Å². The number of nitrogens with two attached hydrogens (primary N) is 1. The number of amides is 1. The van der Waals surface area contributed by atoms with Gasteiger partial charge >= 0.3 is 0 Å². The van der Waals surface area contributed by atoms with Crippen LogP contribution in [0.15, 0.2) is 31.0 Å². The molecule has 86 valence electrons. The maximum atomic E-state index is 11.9. The molecule has 17 heavy (non-hydrogen) atoms. The topological polar surface area (TPSA) is 93.8 Å². The SMILES string of the molecule is Cc1cc(N)c(C(=O)Nc2cncnc2)cn1. The lowest BCUT2D eigenvalue weighted by atomic mass is 10.2. The summed E-state index contributed by atoms with van der Waals surface area (Å²) in [5.41, 5.74) is 7.75. The number of nitrogen functional groups attached to an aromatic ring is 1. The summed E-state index contributed by atoms with van der Waals surface area (Å²) in [5, 5.41) is 2.63. The second-order valence-electron chi connectivity index (χ2n) is 3.49. The molecule has 0 radical (unpaired) electrons. The van der Waals surface area contributed by atoms with Gasteiger partial charge in [-0.2, -0.15) is 0 Å². The zero-order valence-corrected chi connectivity index (χ0v) is 9.21. The highest BCUT2D eigenvalue weighted by atomic mass is 16.1. The van der Waals surface area contributed by atoms with Crippen molar-refractivity contribution in [2.75, 3.05) is 11.1 Å². The van der Waals surface area contributed by atoms with Gasteiger partial charge in [-0.3, -0.25) is 9.78 Å². The van der Waals surface area contributed by atoms with Crippen LogP contribution in [-0.2, 0) is 0 Å². The van der Waals surface area contributed by atoms with E-state index in [0.29, 0.717) is 16.9 Å². The lowest BCUT2D eigenvalue weighted by molar-refractivity contribution is 0.102. The first-order valence-corrected chi connectivity index (χ1v) is 4.95. The molecule has 1 amide bonds. The van der Waals surface area contributed by atoms with Crippen LogP contribution in [0.2, 0.25) is 0 Å². The first kappa shape index (κ1) is 11.0. The fraction of sp³-hybridized carbons (Fsp3) is 0.0909. The van der Waals surface area contributed by atoms with E-state index in [2.05, 4.69) is 20.3 Å². The number of anilines is 2. The second kappa shape index (κ2) is 4.56. The molecule has 6 heteroatoms. The van der Waals surface area contributed by atoms with E-state index in [1.165, 1.54) is 24.9 Å². The molecule has 2 heterocycles. The van der Waals surface area contributed by atoms with Gasteiger partial charge in [0.15, 0.2) is 0 Å². The van der Waals surface area contributed by atoms with Gasteiger partial charge < -0.3 is 11.1 Å². The molecule has 2 aromatic heterocycles. The predicted octanol–water partition coefficient (Wildman–Crippen LogP) is 1.01. The van der Waals surface area contributed by atoms with Gasteiger partial charge in [0.2, 0.25) is 0 Å². The second-order valence-corrected chi connectivity index (χ2v) is 3.49. The number of aryl methyl sites for hydroxylation is 1. The molecule has 0 atom stereocenters. The molecule has 0 saturated heterocycles. The van der Waals surface area contributed by atoms with Crippen LogP contribution in [0.25, 0.3) is 0 Å². The van der Waals surface area contributed by atoms with Crippen molar-refractivity contribution < 1.29 is 4.79 Å². The summed E-state index contributed by atoms with van der Waals surface area (Å²) >= 11 is 0. The summed E-state index contributed by atoms with van der Waals surface area (Å²) in [5.74, 6) is -0.329. The molecule has 2 rings (SSSR count). The largest absolute Gasteiger partial charge is 0.398 e. The first-order valence-electron chi connectivity index (χ1n) is 4.95. The van der Waals surface area contributed by atoms with Gasteiger partial charge in [0, 0.05) is 17.6 Å². The van der Waals surface area contributed by atoms with Crippen molar-refractivity contribution in [1.82, 2.24) is 15.0 Å². The van der Waals surface area contributed by atoms with Crippen molar-refractivity contribution in [3.05, 3.63) is 42.2 Å².